The molecule has 1 fully saturated rings. The standard InChI is InChI=1S/C28H30N4O4S/c33-27-25-12-6-5-11-24(25)26(22-9-3-1-4-10-22)32(27)20-17-21-13-15-23(16-14-21)37(35,36)30-28(34)29-31-18-7-2-8-19-31/h1,3-6,9-16,26H,2,7-8,17-20H2,(H2,29,30,34). The molecule has 37 heavy (non-hydrogen) atoms. The summed E-state index contributed by atoms with van der Waals surface area (Å²) in [7, 11) is -4.00. The molecule has 3 aromatic carbocycles. The molecule has 5 rings (SSSR count). The maximum Gasteiger partial charge on any atom is 0.343 e. The molecular formula is C28H30N4O4S. The SMILES string of the molecule is O=C(NN1CCCCC1)NS(=O)(=O)c1ccc(CCN2C(=O)c3ccccc3C2c2ccccc2)cc1. The number of carbonyl (C=O) groups excluding carboxylic acids is 2. The fourth-order valence-electron chi connectivity index (χ4n) is 5.03. The van der Waals surface area contributed by atoms with E-state index >= 15 is 0 Å². The van der Waals surface area contributed by atoms with Crippen molar-refractivity contribution in [2.75, 3.05) is 19.6 Å². The third-order valence-corrected chi connectivity index (χ3v) is 8.24. The quantitative estimate of drug-likeness (QED) is 0.495. The number of urea groups is 1. The Morgan fingerprint density at radius 1 is 0.865 bits per heavy atom. The Balaban J connectivity index is 1.25. The minimum Gasteiger partial charge on any atom is -0.327 e. The molecule has 8 nitrogen and oxygen atoms in total. The summed E-state index contributed by atoms with van der Waals surface area (Å²) in [5.74, 6) is -0.00688. The lowest BCUT2D eigenvalue weighted by atomic mass is 9.98. The summed E-state index contributed by atoms with van der Waals surface area (Å²) in [6.07, 6.45) is 3.61. The van der Waals surface area contributed by atoms with Crippen LogP contribution in [-0.2, 0) is 16.4 Å². The molecule has 0 aromatic heterocycles. The normalized spacial score (nSPS) is 17.9. The summed E-state index contributed by atoms with van der Waals surface area (Å²) >= 11 is 0. The van der Waals surface area contributed by atoms with Gasteiger partial charge in [-0.25, -0.2) is 22.9 Å². The largest absolute Gasteiger partial charge is 0.343 e. The molecule has 192 valence electrons. The zero-order valence-electron chi connectivity index (χ0n) is 20.5. The summed E-state index contributed by atoms with van der Waals surface area (Å²) < 4.78 is 27.5. The number of hydrogen-bond donors (Lipinski definition) is 2. The average Bonchev–Trinajstić information content (AvgIpc) is 3.20. The van der Waals surface area contributed by atoms with E-state index in [1.165, 1.54) is 12.1 Å². The molecule has 0 spiro atoms. The Bertz CT molecular complexity index is 1370. The minimum absolute atomic E-state index is 0.00688. The highest BCUT2D eigenvalue weighted by Crippen LogP contribution is 2.38. The zero-order valence-corrected chi connectivity index (χ0v) is 21.3. The smallest absolute Gasteiger partial charge is 0.327 e. The van der Waals surface area contributed by atoms with Gasteiger partial charge in [-0.1, -0.05) is 67.1 Å². The first-order valence-electron chi connectivity index (χ1n) is 12.5. The number of carbonyl (C=O) groups is 2. The molecule has 1 atom stereocenters. The van der Waals surface area contributed by atoms with Gasteiger partial charge in [-0.3, -0.25) is 10.2 Å². The number of benzene rings is 3. The van der Waals surface area contributed by atoms with Gasteiger partial charge in [-0.15, -0.1) is 0 Å². The van der Waals surface area contributed by atoms with Crippen LogP contribution < -0.4 is 10.1 Å². The summed E-state index contributed by atoms with van der Waals surface area (Å²) in [5, 5.41) is 1.73. The second-order valence-corrected chi connectivity index (χ2v) is 11.1. The maximum atomic E-state index is 13.2. The number of rotatable bonds is 7. The van der Waals surface area contributed by atoms with Crippen molar-refractivity contribution >= 4 is 22.0 Å². The number of fused-ring (bicyclic) bond motifs is 1. The number of amides is 3. The van der Waals surface area contributed by atoms with Crippen LogP contribution in [0.2, 0.25) is 0 Å². The predicted molar refractivity (Wildman–Crippen MR) is 140 cm³/mol. The second-order valence-electron chi connectivity index (χ2n) is 9.39. The van der Waals surface area contributed by atoms with Crippen LogP contribution >= 0.6 is 0 Å². The fourth-order valence-corrected chi connectivity index (χ4v) is 5.94. The van der Waals surface area contributed by atoms with Crippen molar-refractivity contribution in [2.24, 2.45) is 0 Å². The minimum atomic E-state index is -4.00. The van der Waals surface area contributed by atoms with Crippen LogP contribution in [0.5, 0.6) is 0 Å². The monoisotopic (exact) mass is 518 g/mol. The third kappa shape index (κ3) is 5.52. The van der Waals surface area contributed by atoms with Crippen LogP contribution in [0.15, 0.2) is 83.8 Å². The molecule has 0 bridgehead atoms. The number of nitrogens with zero attached hydrogens (tertiary/aromatic N) is 2. The first-order valence-corrected chi connectivity index (χ1v) is 14.0. The second kappa shape index (κ2) is 10.7. The molecule has 3 amide bonds. The Labute approximate surface area is 217 Å². The molecule has 9 heteroatoms. The van der Waals surface area contributed by atoms with Crippen LogP contribution in [0.4, 0.5) is 4.79 Å². The van der Waals surface area contributed by atoms with Gasteiger partial charge in [0.1, 0.15) is 0 Å². The van der Waals surface area contributed by atoms with Gasteiger partial charge in [0.15, 0.2) is 0 Å². The highest BCUT2D eigenvalue weighted by atomic mass is 32.2. The van der Waals surface area contributed by atoms with E-state index in [9.17, 15) is 18.0 Å². The highest BCUT2D eigenvalue weighted by Gasteiger charge is 2.36. The van der Waals surface area contributed by atoms with Crippen molar-refractivity contribution in [2.45, 2.75) is 36.6 Å². The summed E-state index contributed by atoms with van der Waals surface area (Å²) in [4.78, 5) is 27.3. The average molecular weight is 519 g/mol. The number of hydrazine groups is 1. The lowest BCUT2D eigenvalue weighted by Gasteiger charge is -2.26. The van der Waals surface area contributed by atoms with Gasteiger partial charge < -0.3 is 4.90 Å². The molecule has 1 unspecified atom stereocenters. The molecule has 0 saturated carbocycles. The van der Waals surface area contributed by atoms with Crippen molar-refractivity contribution in [3.8, 4) is 0 Å². The van der Waals surface area contributed by atoms with E-state index in [0.717, 1.165) is 36.0 Å². The van der Waals surface area contributed by atoms with Gasteiger partial charge in [0, 0.05) is 25.2 Å². The summed E-state index contributed by atoms with van der Waals surface area (Å²) in [6.45, 7) is 1.89. The Kier molecular flexibility index (Phi) is 7.25. The van der Waals surface area contributed by atoms with Crippen molar-refractivity contribution in [1.29, 1.82) is 0 Å². The fraction of sp³-hybridized carbons (Fsp3) is 0.286. The van der Waals surface area contributed by atoms with Gasteiger partial charge in [-0.2, -0.15) is 0 Å². The summed E-state index contributed by atoms with van der Waals surface area (Å²) in [6, 6.07) is 23.1. The number of hydrogen-bond acceptors (Lipinski definition) is 5. The van der Waals surface area contributed by atoms with Crippen LogP contribution in [0.25, 0.3) is 0 Å². The Hall–Kier alpha value is -3.69. The number of piperidine rings is 1. The summed E-state index contributed by atoms with van der Waals surface area (Å²) in [5.41, 5.74) is 6.26. The zero-order chi connectivity index (χ0) is 25.8. The van der Waals surface area contributed by atoms with E-state index in [0.29, 0.717) is 31.6 Å². The van der Waals surface area contributed by atoms with Crippen molar-refractivity contribution < 1.29 is 18.0 Å². The molecule has 2 heterocycles. The molecule has 2 aliphatic rings. The van der Waals surface area contributed by atoms with Crippen LogP contribution in [-0.4, -0.2) is 49.9 Å². The van der Waals surface area contributed by atoms with Crippen LogP contribution in [0, 0.1) is 0 Å². The van der Waals surface area contributed by atoms with Crippen LogP contribution in [0.1, 0.15) is 52.4 Å². The van der Waals surface area contributed by atoms with Gasteiger partial charge in [0.2, 0.25) is 0 Å². The van der Waals surface area contributed by atoms with E-state index in [1.807, 2.05) is 59.5 Å². The molecule has 0 radical (unpaired) electrons. The lowest BCUT2D eigenvalue weighted by Crippen LogP contribution is -2.50. The first-order chi connectivity index (χ1) is 17.9. The van der Waals surface area contributed by atoms with E-state index in [2.05, 4.69) is 10.1 Å². The molecular weight excluding hydrogens is 488 g/mol. The van der Waals surface area contributed by atoms with Crippen molar-refractivity contribution in [1.82, 2.24) is 20.1 Å². The van der Waals surface area contributed by atoms with Crippen molar-refractivity contribution in [3.05, 3.63) is 101 Å². The molecule has 3 aromatic rings. The molecule has 2 aliphatic heterocycles. The molecule has 1 saturated heterocycles. The van der Waals surface area contributed by atoms with Crippen molar-refractivity contribution in [3.63, 3.8) is 0 Å². The number of nitrogens with one attached hydrogen (secondary N) is 2. The van der Waals surface area contributed by atoms with E-state index in [1.54, 1.807) is 17.1 Å². The van der Waals surface area contributed by atoms with E-state index < -0.39 is 16.1 Å². The third-order valence-electron chi connectivity index (χ3n) is 6.89. The van der Waals surface area contributed by atoms with E-state index in [-0.39, 0.29) is 16.8 Å². The van der Waals surface area contributed by atoms with Crippen LogP contribution in [0.3, 0.4) is 0 Å². The maximum absolute atomic E-state index is 13.2. The predicted octanol–water partition coefficient (Wildman–Crippen LogP) is 3.86. The lowest BCUT2D eigenvalue weighted by molar-refractivity contribution is 0.0751. The molecule has 0 aliphatic carbocycles. The number of sulfonamides is 1. The first kappa shape index (κ1) is 25.0. The van der Waals surface area contributed by atoms with Gasteiger partial charge >= 0.3 is 6.03 Å². The Morgan fingerprint density at radius 3 is 2.27 bits per heavy atom. The highest BCUT2D eigenvalue weighted by molar-refractivity contribution is 7.90. The van der Waals surface area contributed by atoms with E-state index in [4.69, 9.17) is 0 Å². The van der Waals surface area contributed by atoms with Gasteiger partial charge in [-0.05, 0) is 54.2 Å². The molecule has 2 N–H and O–H groups in total. The topological polar surface area (TPSA) is 98.8 Å². The Morgan fingerprint density at radius 2 is 1.54 bits per heavy atom. The van der Waals surface area contributed by atoms with Gasteiger partial charge in [0.05, 0.1) is 10.9 Å². The van der Waals surface area contributed by atoms with Gasteiger partial charge in [0.25, 0.3) is 15.9 Å².